The number of hydrogen-bond donors (Lipinski definition) is 1. The van der Waals surface area contributed by atoms with Gasteiger partial charge in [0.25, 0.3) is 10.0 Å². The van der Waals surface area contributed by atoms with E-state index in [2.05, 4.69) is 21.2 Å². The van der Waals surface area contributed by atoms with Gasteiger partial charge in [-0.05, 0) is 84.9 Å². The Bertz CT molecular complexity index is 1450. The molecule has 8 nitrogen and oxygen atoms in total. The van der Waals surface area contributed by atoms with Crippen LogP contribution < -0.4 is 14.4 Å². The molecule has 2 atom stereocenters. The Hall–Kier alpha value is -3.37. The molecule has 0 bridgehead atoms. The summed E-state index contributed by atoms with van der Waals surface area (Å²) in [6.07, 6.45) is 1.64. The number of rotatable bonds is 14. The van der Waals surface area contributed by atoms with Crippen molar-refractivity contribution in [3.63, 3.8) is 0 Å². The van der Waals surface area contributed by atoms with Crippen LogP contribution in [-0.4, -0.2) is 57.4 Å². The van der Waals surface area contributed by atoms with Crippen LogP contribution in [0.4, 0.5) is 5.69 Å². The molecule has 0 saturated carbocycles. The van der Waals surface area contributed by atoms with Crippen LogP contribution in [0.25, 0.3) is 0 Å². The number of nitrogens with zero attached hydrogens (tertiary/aromatic N) is 2. The summed E-state index contributed by atoms with van der Waals surface area (Å²) < 4.78 is 35.0. The fourth-order valence-electron chi connectivity index (χ4n) is 4.51. The maximum Gasteiger partial charge on any atom is 0.264 e. The number of hydrogen-bond acceptors (Lipinski definition) is 5. The summed E-state index contributed by atoms with van der Waals surface area (Å²) in [6.45, 7) is 7.43. The first-order valence-electron chi connectivity index (χ1n) is 14.1. The van der Waals surface area contributed by atoms with Crippen LogP contribution in [0.2, 0.25) is 0 Å². The first-order chi connectivity index (χ1) is 20.0. The van der Waals surface area contributed by atoms with E-state index in [9.17, 15) is 18.0 Å². The zero-order valence-electron chi connectivity index (χ0n) is 24.8. The zero-order chi connectivity index (χ0) is 30.9. The lowest BCUT2D eigenvalue weighted by atomic mass is 10.1. The predicted octanol–water partition coefficient (Wildman–Crippen LogP) is 5.73. The van der Waals surface area contributed by atoms with Gasteiger partial charge in [-0.3, -0.25) is 13.9 Å². The molecule has 2 unspecified atom stereocenters. The van der Waals surface area contributed by atoms with Crippen molar-refractivity contribution in [3.8, 4) is 5.75 Å². The Morgan fingerprint density at radius 3 is 2.21 bits per heavy atom. The Morgan fingerprint density at radius 1 is 0.976 bits per heavy atom. The smallest absolute Gasteiger partial charge is 0.264 e. The number of halogens is 1. The van der Waals surface area contributed by atoms with Crippen molar-refractivity contribution < 1.29 is 22.7 Å². The highest BCUT2D eigenvalue weighted by Crippen LogP contribution is 2.31. The third-order valence-corrected chi connectivity index (χ3v) is 9.57. The molecule has 42 heavy (non-hydrogen) atoms. The number of nitrogens with one attached hydrogen (secondary N) is 1. The molecule has 0 saturated heterocycles. The number of ether oxygens (including phenoxy) is 1. The Kier molecular flexibility index (Phi) is 12.0. The molecule has 0 fully saturated rings. The van der Waals surface area contributed by atoms with E-state index in [1.54, 1.807) is 30.3 Å². The highest BCUT2D eigenvalue weighted by Gasteiger charge is 2.34. The van der Waals surface area contributed by atoms with Crippen LogP contribution in [0.5, 0.6) is 5.75 Å². The molecule has 0 aliphatic carbocycles. The van der Waals surface area contributed by atoms with E-state index >= 15 is 0 Å². The Balaban J connectivity index is 2.03. The number of aryl methyl sites for hydroxylation is 1. The number of sulfonamides is 1. The first kappa shape index (κ1) is 33.1. The largest absolute Gasteiger partial charge is 0.496 e. The molecule has 10 heteroatoms. The van der Waals surface area contributed by atoms with E-state index in [1.807, 2.05) is 58.0 Å². The standard InChI is InChI=1S/C32H40BrN3O5S/c1-6-24(4)34-32(38)29(7-2)35(20-19-25-11-9-8-10-12-25)31(37)22-36(26-15-13-23(3)14-16-26)42(39,40)27-17-18-30(41-5)28(33)21-27/h8-18,21,24,29H,6-7,19-20,22H2,1-5H3,(H,34,38). The average molecular weight is 659 g/mol. The number of carbonyl (C=O) groups excluding carboxylic acids is 2. The predicted molar refractivity (Wildman–Crippen MR) is 170 cm³/mol. The fraction of sp³-hybridized carbons (Fsp3) is 0.375. The second-order valence-corrected chi connectivity index (χ2v) is 12.9. The minimum Gasteiger partial charge on any atom is -0.496 e. The maximum absolute atomic E-state index is 14.1. The molecule has 0 radical (unpaired) electrons. The molecule has 1 N–H and O–H groups in total. The van der Waals surface area contributed by atoms with Gasteiger partial charge in [0.15, 0.2) is 0 Å². The molecule has 226 valence electrons. The summed E-state index contributed by atoms with van der Waals surface area (Å²) in [5.41, 5.74) is 2.31. The minimum atomic E-state index is -4.19. The molecule has 0 spiro atoms. The van der Waals surface area contributed by atoms with E-state index in [4.69, 9.17) is 4.74 Å². The van der Waals surface area contributed by atoms with Gasteiger partial charge in [-0.25, -0.2) is 8.42 Å². The van der Waals surface area contributed by atoms with Gasteiger partial charge in [-0.2, -0.15) is 0 Å². The van der Waals surface area contributed by atoms with Gasteiger partial charge < -0.3 is 15.0 Å². The van der Waals surface area contributed by atoms with Gasteiger partial charge in [0.1, 0.15) is 18.3 Å². The van der Waals surface area contributed by atoms with Crippen molar-refractivity contribution in [2.75, 3.05) is 24.5 Å². The van der Waals surface area contributed by atoms with Gasteiger partial charge in [0.05, 0.1) is 22.2 Å². The quantitative estimate of drug-likeness (QED) is 0.239. The summed E-state index contributed by atoms with van der Waals surface area (Å²) in [6, 6.07) is 20.3. The second-order valence-electron chi connectivity index (χ2n) is 10.2. The van der Waals surface area contributed by atoms with Gasteiger partial charge in [-0.1, -0.05) is 61.9 Å². The summed E-state index contributed by atoms with van der Waals surface area (Å²) >= 11 is 3.37. The summed E-state index contributed by atoms with van der Waals surface area (Å²) in [5.74, 6) is -0.233. The van der Waals surface area contributed by atoms with E-state index in [1.165, 1.54) is 24.1 Å². The Labute approximate surface area is 258 Å². The van der Waals surface area contributed by atoms with E-state index < -0.39 is 28.5 Å². The molecule has 0 heterocycles. The highest BCUT2D eigenvalue weighted by atomic mass is 79.9. The van der Waals surface area contributed by atoms with Crippen molar-refractivity contribution >= 4 is 43.5 Å². The molecular weight excluding hydrogens is 618 g/mol. The van der Waals surface area contributed by atoms with Gasteiger partial charge >= 0.3 is 0 Å². The Morgan fingerprint density at radius 2 is 1.64 bits per heavy atom. The van der Waals surface area contributed by atoms with E-state index in [0.717, 1.165) is 21.9 Å². The normalized spacial score (nSPS) is 12.7. The molecule has 0 aromatic heterocycles. The van der Waals surface area contributed by atoms with Crippen molar-refractivity contribution in [1.29, 1.82) is 0 Å². The van der Waals surface area contributed by atoms with Crippen LogP contribution >= 0.6 is 15.9 Å². The molecular formula is C32H40BrN3O5S. The van der Waals surface area contributed by atoms with Crippen molar-refractivity contribution in [3.05, 3.63) is 88.4 Å². The van der Waals surface area contributed by atoms with Crippen LogP contribution in [0.15, 0.2) is 82.2 Å². The first-order valence-corrected chi connectivity index (χ1v) is 16.3. The summed E-state index contributed by atoms with van der Waals surface area (Å²) in [5, 5.41) is 3.00. The number of amides is 2. The number of carbonyl (C=O) groups is 2. The van der Waals surface area contributed by atoms with Crippen LogP contribution in [0.1, 0.15) is 44.7 Å². The summed E-state index contributed by atoms with van der Waals surface area (Å²) in [4.78, 5) is 29.0. The fourth-order valence-corrected chi connectivity index (χ4v) is 6.64. The lowest BCUT2D eigenvalue weighted by molar-refractivity contribution is -0.139. The van der Waals surface area contributed by atoms with Crippen molar-refractivity contribution in [2.24, 2.45) is 0 Å². The second kappa shape index (κ2) is 15.2. The molecule has 3 aromatic rings. The molecule has 3 rings (SSSR count). The molecule has 0 aliphatic heterocycles. The van der Waals surface area contributed by atoms with Gasteiger partial charge in [-0.15, -0.1) is 0 Å². The molecule has 3 aromatic carbocycles. The highest BCUT2D eigenvalue weighted by molar-refractivity contribution is 9.10. The molecule has 0 aliphatic rings. The van der Waals surface area contributed by atoms with Gasteiger partial charge in [0, 0.05) is 12.6 Å². The maximum atomic E-state index is 14.1. The topological polar surface area (TPSA) is 96.0 Å². The van der Waals surface area contributed by atoms with Crippen LogP contribution in [-0.2, 0) is 26.0 Å². The third kappa shape index (κ3) is 8.35. The van der Waals surface area contributed by atoms with E-state index in [0.29, 0.717) is 28.8 Å². The third-order valence-electron chi connectivity index (χ3n) is 7.18. The lowest BCUT2D eigenvalue weighted by Gasteiger charge is -2.33. The number of anilines is 1. The van der Waals surface area contributed by atoms with Crippen LogP contribution in [0.3, 0.4) is 0 Å². The summed E-state index contributed by atoms with van der Waals surface area (Å²) in [7, 11) is -2.69. The lowest BCUT2D eigenvalue weighted by Crippen LogP contribution is -2.54. The molecule has 2 amide bonds. The number of benzene rings is 3. The monoisotopic (exact) mass is 657 g/mol. The van der Waals surface area contributed by atoms with Crippen LogP contribution in [0, 0.1) is 6.92 Å². The van der Waals surface area contributed by atoms with E-state index in [-0.39, 0.29) is 23.4 Å². The SMILES string of the molecule is CCC(C)NC(=O)C(CC)N(CCc1ccccc1)C(=O)CN(c1ccc(C)cc1)S(=O)(=O)c1ccc(OC)c(Br)c1. The average Bonchev–Trinajstić information content (AvgIpc) is 2.98. The van der Waals surface area contributed by atoms with Crippen molar-refractivity contribution in [1.82, 2.24) is 10.2 Å². The number of methoxy groups -OCH3 is 1. The minimum absolute atomic E-state index is 0.000871. The van der Waals surface area contributed by atoms with Crippen molar-refractivity contribution in [2.45, 2.75) is 63.9 Å². The van der Waals surface area contributed by atoms with Gasteiger partial charge in [0.2, 0.25) is 11.8 Å². The zero-order valence-corrected chi connectivity index (χ0v) is 27.2.